The van der Waals surface area contributed by atoms with Crippen LogP contribution in [0, 0.1) is 0 Å². The van der Waals surface area contributed by atoms with E-state index in [2.05, 4.69) is 5.16 Å². The summed E-state index contributed by atoms with van der Waals surface area (Å²) in [5.74, 6) is 0.725. The summed E-state index contributed by atoms with van der Waals surface area (Å²) >= 11 is 6.27. The van der Waals surface area contributed by atoms with Crippen LogP contribution in [-0.2, 0) is 21.0 Å². The van der Waals surface area contributed by atoms with Crippen LogP contribution in [0.4, 0.5) is 0 Å². The first-order valence-corrected chi connectivity index (χ1v) is 10.8. The lowest BCUT2D eigenvalue weighted by Gasteiger charge is -2.39. The van der Waals surface area contributed by atoms with Crippen molar-refractivity contribution in [1.82, 2.24) is 0 Å². The lowest BCUT2D eigenvalue weighted by Crippen LogP contribution is -2.43. The molecule has 4 rings (SSSR count). The molecule has 1 aliphatic carbocycles. The van der Waals surface area contributed by atoms with Gasteiger partial charge in [-0.1, -0.05) is 36.5 Å². The summed E-state index contributed by atoms with van der Waals surface area (Å²) in [6, 6.07) is 3.42. The number of nitrogens with zero attached hydrogens (tertiary/aromatic N) is 1. The first-order chi connectivity index (χ1) is 14.5. The number of oxime groups is 1. The van der Waals surface area contributed by atoms with Gasteiger partial charge in [-0.3, -0.25) is 0 Å². The number of aliphatic hydroxyl groups is 1. The number of hydrogen-bond acceptors (Lipinski definition) is 7. The molecule has 3 aliphatic rings. The Balaban J connectivity index is 1.51. The van der Waals surface area contributed by atoms with E-state index in [-0.39, 0.29) is 24.7 Å². The summed E-state index contributed by atoms with van der Waals surface area (Å²) in [5, 5.41) is 15.4. The van der Waals surface area contributed by atoms with Gasteiger partial charge in [0, 0.05) is 18.1 Å². The van der Waals surface area contributed by atoms with Gasteiger partial charge < -0.3 is 24.2 Å². The van der Waals surface area contributed by atoms with E-state index in [1.807, 2.05) is 6.92 Å². The van der Waals surface area contributed by atoms with E-state index in [1.165, 1.54) is 0 Å². The van der Waals surface area contributed by atoms with Gasteiger partial charge in [-0.25, -0.2) is 4.79 Å². The molecule has 1 spiro atoms. The molecule has 1 fully saturated rings. The molecule has 0 amide bonds. The largest absolute Gasteiger partial charge is 0.511 e. The molecule has 0 bridgehead atoms. The van der Waals surface area contributed by atoms with Gasteiger partial charge >= 0.3 is 5.97 Å². The van der Waals surface area contributed by atoms with Crippen molar-refractivity contribution in [3.63, 3.8) is 0 Å². The van der Waals surface area contributed by atoms with Crippen molar-refractivity contribution in [2.45, 2.75) is 70.5 Å². The highest BCUT2D eigenvalue weighted by atomic mass is 35.5. The molecule has 2 heterocycles. The minimum atomic E-state index is -0.568. The van der Waals surface area contributed by atoms with Crippen LogP contribution in [0.1, 0.15) is 63.9 Å². The maximum absolute atomic E-state index is 12.8. The maximum Gasteiger partial charge on any atom is 0.344 e. The number of aliphatic hydroxyl groups excluding tert-OH is 1. The van der Waals surface area contributed by atoms with Crippen LogP contribution >= 0.6 is 11.6 Å². The molecule has 8 heteroatoms. The second kappa shape index (κ2) is 8.76. The number of carbonyl (C=O) groups excluding carboxylic acids is 1. The van der Waals surface area contributed by atoms with Gasteiger partial charge in [0.05, 0.1) is 10.7 Å². The molecule has 0 saturated heterocycles. The van der Waals surface area contributed by atoms with Gasteiger partial charge in [0.1, 0.15) is 23.5 Å². The van der Waals surface area contributed by atoms with Crippen molar-refractivity contribution in [2.75, 3.05) is 6.79 Å². The Labute approximate surface area is 180 Å². The highest BCUT2D eigenvalue weighted by Crippen LogP contribution is 2.41. The summed E-state index contributed by atoms with van der Waals surface area (Å²) < 4.78 is 16.5. The Kier molecular flexibility index (Phi) is 6.09. The smallest absolute Gasteiger partial charge is 0.344 e. The minimum Gasteiger partial charge on any atom is -0.511 e. The van der Waals surface area contributed by atoms with Crippen LogP contribution in [0.5, 0.6) is 11.5 Å². The van der Waals surface area contributed by atoms with Crippen molar-refractivity contribution in [3.8, 4) is 11.5 Å². The molecule has 7 nitrogen and oxygen atoms in total. The fraction of sp³-hybridized carbons (Fsp3) is 0.545. The molecule has 1 aromatic rings. The number of fused-ring (bicyclic) bond motifs is 1. The number of carbonyl (C=O) groups is 1. The van der Waals surface area contributed by atoms with E-state index in [4.69, 9.17) is 30.6 Å². The number of halogens is 1. The van der Waals surface area contributed by atoms with Gasteiger partial charge in [-0.05, 0) is 38.2 Å². The number of esters is 1. The van der Waals surface area contributed by atoms with E-state index >= 15 is 0 Å². The molecule has 162 valence electrons. The lowest BCUT2D eigenvalue weighted by molar-refractivity contribution is -0.161. The van der Waals surface area contributed by atoms with Crippen molar-refractivity contribution >= 4 is 23.3 Å². The Hall–Kier alpha value is -2.41. The van der Waals surface area contributed by atoms with Crippen LogP contribution in [0.15, 0.2) is 28.6 Å². The van der Waals surface area contributed by atoms with E-state index in [9.17, 15) is 9.90 Å². The number of rotatable bonds is 6. The normalized spacial score (nSPS) is 20.5. The molecule has 1 N–H and O–H groups in total. The molecular formula is C22H26ClNO6. The minimum absolute atomic E-state index is 0.0464. The fourth-order valence-electron chi connectivity index (χ4n) is 4.26. The van der Waals surface area contributed by atoms with Crippen LogP contribution in [-0.4, -0.2) is 29.2 Å². The molecule has 0 unspecified atom stereocenters. The van der Waals surface area contributed by atoms with Gasteiger partial charge in [0.2, 0.25) is 6.79 Å². The van der Waals surface area contributed by atoms with Crippen LogP contribution in [0.25, 0.3) is 0 Å². The first kappa shape index (κ1) is 20.8. The SMILES string of the molecule is CCC/C(=N\OCc1cc2c(cc1Cl)OCO2)C1=C(O)CC2(CCCCC2)OC1=O. The average Bonchev–Trinajstić information content (AvgIpc) is 3.15. The van der Waals surface area contributed by atoms with Crippen molar-refractivity contribution in [2.24, 2.45) is 5.16 Å². The number of ether oxygens (including phenoxy) is 3. The predicted octanol–water partition coefficient (Wildman–Crippen LogP) is 5.20. The monoisotopic (exact) mass is 435 g/mol. The Morgan fingerprint density at radius 2 is 1.97 bits per heavy atom. The first-order valence-electron chi connectivity index (χ1n) is 10.4. The van der Waals surface area contributed by atoms with Gasteiger partial charge in [-0.15, -0.1) is 0 Å². The second-order valence-electron chi connectivity index (χ2n) is 7.99. The van der Waals surface area contributed by atoms with Gasteiger partial charge in [0.25, 0.3) is 0 Å². The lowest BCUT2D eigenvalue weighted by atomic mass is 9.79. The quantitative estimate of drug-likeness (QED) is 0.375. The molecule has 2 aliphatic heterocycles. The highest BCUT2D eigenvalue weighted by Gasteiger charge is 2.43. The third-order valence-corrected chi connectivity index (χ3v) is 6.12. The van der Waals surface area contributed by atoms with Crippen molar-refractivity contribution < 1.29 is 28.9 Å². The topological polar surface area (TPSA) is 86.6 Å². The summed E-state index contributed by atoms with van der Waals surface area (Å²) in [4.78, 5) is 18.3. The van der Waals surface area contributed by atoms with Crippen LogP contribution < -0.4 is 9.47 Å². The summed E-state index contributed by atoms with van der Waals surface area (Å²) in [7, 11) is 0. The molecule has 0 atom stereocenters. The number of benzene rings is 1. The highest BCUT2D eigenvalue weighted by molar-refractivity contribution is 6.31. The predicted molar refractivity (Wildman–Crippen MR) is 111 cm³/mol. The Morgan fingerprint density at radius 1 is 1.23 bits per heavy atom. The molecule has 0 aromatic heterocycles. The molecular weight excluding hydrogens is 410 g/mol. The third kappa shape index (κ3) is 4.21. The van der Waals surface area contributed by atoms with Crippen LogP contribution in [0.3, 0.4) is 0 Å². The molecule has 0 radical (unpaired) electrons. The Morgan fingerprint density at radius 3 is 2.67 bits per heavy atom. The van der Waals surface area contributed by atoms with E-state index < -0.39 is 11.6 Å². The number of hydrogen-bond donors (Lipinski definition) is 1. The molecule has 1 aromatic carbocycles. The zero-order valence-electron chi connectivity index (χ0n) is 17.0. The molecule has 1 saturated carbocycles. The molecule has 30 heavy (non-hydrogen) atoms. The zero-order chi connectivity index (χ0) is 21.1. The van der Waals surface area contributed by atoms with Gasteiger partial charge in [0.15, 0.2) is 11.5 Å². The third-order valence-electron chi connectivity index (χ3n) is 5.77. The van der Waals surface area contributed by atoms with E-state index in [1.54, 1.807) is 12.1 Å². The van der Waals surface area contributed by atoms with E-state index in [0.717, 1.165) is 38.5 Å². The average molecular weight is 436 g/mol. The van der Waals surface area contributed by atoms with Crippen molar-refractivity contribution in [1.29, 1.82) is 0 Å². The summed E-state index contributed by atoms with van der Waals surface area (Å²) in [6.45, 7) is 2.22. The van der Waals surface area contributed by atoms with E-state index in [0.29, 0.717) is 40.6 Å². The fourth-order valence-corrected chi connectivity index (χ4v) is 4.47. The summed E-state index contributed by atoms with van der Waals surface area (Å²) in [5.41, 5.74) is 0.639. The zero-order valence-corrected chi connectivity index (χ0v) is 17.8. The van der Waals surface area contributed by atoms with Gasteiger partial charge in [-0.2, -0.15) is 0 Å². The summed E-state index contributed by atoms with van der Waals surface area (Å²) in [6.07, 6.45) is 6.28. The maximum atomic E-state index is 12.8. The van der Waals surface area contributed by atoms with Crippen LogP contribution in [0.2, 0.25) is 5.02 Å². The van der Waals surface area contributed by atoms with Crippen molar-refractivity contribution in [3.05, 3.63) is 34.1 Å². The standard InChI is InChI=1S/C22H26ClNO6/c1-2-6-16(20-17(25)11-22(30-21(20)26)7-4-3-5-8-22)24-29-12-14-9-18-19(10-15(14)23)28-13-27-18/h9-10,25H,2-8,11-13H2,1H3/b24-16+. The Bertz CT molecular complexity index is 888. The second-order valence-corrected chi connectivity index (χ2v) is 8.40.